The lowest BCUT2D eigenvalue weighted by molar-refractivity contribution is 1.54. The second-order valence-electron chi connectivity index (χ2n) is 21.3. The van der Waals surface area contributed by atoms with Gasteiger partial charge in [-0.05, 0) is 151 Å². The summed E-state index contributed by atoms with van der Waals surface area (Å²) < 4.78 is 0. The molecule has 15 rings (SSSR count). The summed E-state index contributed by atoms with van der Waals surface area (Å²) in [6.07, 6.45) is 0. The first-order valence-corrected chi connectivity index (χ1v) is 29.8. The Morgan fingerprint density at radius 3 is 0.875 bits per heavy atom. The number of anilines is 8. The van der Waals surface area contributed by atoms with E-state index in [0.717, 1.165) is 45.5 Å². The van der Waals surface area contributed by atoms with Crippen molar-refractivity contribution >= 4 is 77.8 Å². The number of fused-ring (bicyclic) bond motifs is 3. The van der Waals surface area contributed by atoms with E-state index < -0.39 is 0 Å². The zero-order chi connectivity index (χ0) is 59.4. The number of rotatable bonds is 12. The molecule has 15 aromatic carbocycles. The Hall–Kier alpha value is -11.7. The molecule has 0 amide bonds. The Bertz CT molecular complexity index is 4600. The van der Waals surface area contributed by atoms with Gasteiger partial charge >= 0.3 is 0 Å². The summed E-state index contributed by atoms with van der Waals surface area (Å²) in [5.74, 6) is 0. The van der Waals surface area contributed by atoms with E-state index in [2.05, 4.69) is 355 Å². The Balaban J connectivity index is 0.000000115. The molecular formula is C84H66N4. The third kappa shape index (κ3) is 15.1. The van der Waals surface area contributed by atoms with Crippen LogP contribution in [0, 0.1) is 0 Å². The summed E-state index contributed by atoms with van der Waals surface area (Å²) in [7, 11) is 0. The SMILES string of the molecule is c1ccc(-c2ccc(Nc3ccc4ccccc4c3)cc2)cc1.c1ccc(-c2ccc(Nc3cccc4ccccc34)cc2)cc1.c1ccc(-c2cccc(Nc3cccc4ccccc34)c2)cc1.c1ccc(Nc2ccc(-c3ccccc3)cc2)cc1. The largest absolute Gasteiger partial charge is 0.356 e. The van der Waals surface area contributed by atoms with Crippen molar-refractivity contribution in [1.82, 2.24) is 0 Å². The number of nitrogens with one attached hydrogen (secondary N) is 4. The van der Waals surface area contributed by atoms with E-state index in [9.17, 15) is 0 Å². The maximum absolute atomic E-state index is 3.56. The molecule has 0 saturated heterocycles. The standard InChI is InChI=1S/3C22H17N.C18H15N/c1-2-8-17(9-3-1)19-12-6-13-20(16-19)23-22-15-7-11-18-10-4-5-14-21(18)22;1-2-7-17(8-3-1)18-13-15-20(16-14-18)23-22-12-6-10-19-9-4-5-11-21(19)22;1-2-6-17(7-3-1)19-10-13-21(14-11-19)23-22-15-12-18-8-4-5-9-20(18)16-22;1-3-7-15(8-4-1)16-11-13-18(14-12-16)19-17-9-5-2-6-10-17/h3*1-16,23H;1-14,19H. The van der Waals surface area contributed by atoms with Crippen molar-refractivity contribution in [3.8, 4) is 44.5 Å². The molecular weight excluding hydrogens is 1060 g/mol. The van der Waals surface area contributed by atoms with Crippen LogP contribution < -0.4 is 21.3 Å². The Morgan fingerprint density at radius 2 is 0.409 bits per heavy atom. The Morgan fingerprint density at radius 1 is 0.136 bits per heavy atom. The maximum Gasteiger partial charge on any atom is 0.0463 e. The zero-order valence-corrected chi connectivity index (χ0v) is 48.8. The first kappa shape index (κ1) is 56.7. The van der Waals surface area contributed by atoms with Crippen LogP contribution >= 0.6 is 0 Å². The molecule has 0 bridgehead atoms. The quantitative estimate of drug-likeness (QED) is 0.0985. The van der Waals surface area contributed by atoms with Crippen LogP contribution in [0.3, 0.4) is 0 Å². The molecule has 0 atom stereocenters. The van der Waals surface area contributed by atoms with Gasteiger partial charge in [0.25, 0.3) is 0 Å². The fourth-order valence-electron chi connectivity index (χ4n) is 10.6. The molecule has 0 aliphatic rings. The molecule has 422 valence electrons. The van der Waals surface area contributed by atoms with Crippen molar-refractivity contribution in [2.75, 3.05) is 21.3 Å². The van der Waals surface area contributed by atoms with Crippen LogP contribution in [-0.4, -0.2) is 0 Å². The smallest absolute Gasteiger partial charge is 0.0463 e. The molecule has 0 aliphatic heterocycles. The number of benzene rings is 15. The topological polar surface area (TPSA) is 48.1 Å². The van der Waals surface area contributed by atoms with Crippen LogP contribution in [0.1, 0.15) is 0 Å². The summed E-state index contributed by atoms with van der Waals surface area (Å²) in [6, 6.07) is 130. The summed E-state index contributed by atoms with van der Waals surface area (Å²) in [6.45, 7) is 0. The number of hydrogen-bond acceptors (Lipinski definition) is 4. The minimum atomic E-state index is 1.10. The van der Waals surface area contributed by atoms with Crippen LogP contribution in [0.4, 0.5) is 45.5 Å². The molecule has 0 aromatic heterocycles. The van der Waals surface area contributed by atoms with E-state index in [1.54, 1.807) is 0 Å². The Labute approximate surface area is 516 Å². The van der Waals surface area contributed by atoms with Gasteiger partial charge in [-0.3, -0.25) is 0 Å². The highest BCUT2D eigenvalue weighted by Crippen LogP contribution is 2.32. The highest BCUT2D eigenvalue weighted by Gasteiger charge is 2.06. The normalized spacial score (nSPS) is 10.5. The van der Waals surface area contributed by atoms with E-state index in [4.69, 9.17) is 0 Å². The van der Waals surface area contributed by atoms with Crippen LogP contribution in [0.25, 0.3) is 76.8 Å². The van der Waals surface area contributed by atoms with Crippen LogP contribution in [0.15, 0.2) is 376 Å². The van der Waals surface area contributed by atoms with E-state index in [1.807, 2.05) is 42.5 Å². The molecule has 0 unspecified atom stereocenters. The lowest BCUT2D eigenvalue weighted by atomic mass is 10.0. The molecule has 0 radical (unpaired) electrons. The van der Waals surface area contributed by atoms with Crippen molar-refractivity contribution in [2.24, 2.45) is 0 Å². The van der Waals surface area contributed by atoms with Gasteiger partial charge in [0.15, 0.2) is 0 Å². The van der Waals surface area contributed by atoms with Crippen molar-refractivity contribution in [3.63, 3.8) is 0 Å². The van der Waals surface area contributed by atoms with E-state index in [0.29, 0.717) is 0 Å². The van der Waals surface area contributed by atoms with Gasteiger partial charge in [-0.1, -0.05) is 291 Å². The minimum absolute atomic E-state index is 1.10. The maximum atomic E-state index is 3.56. The van der Waals surface area contributed by atoms with Crippen molar-refractivity contribution in [1.29, 1.82) is 0 Å². The fourth-order valence-corrected chi connectivity index (χ4v) is 10.6. The molecule has 0 spiro atoms. The van der Waals surface area contributed by atoms with Gasteiger partial charge in [0, 0.05) is 56.3 Å². The van der Waals surface area contributed by atoms with E-state index in [1.165, 1.54) is 76.8 Å². The molecule has 15 aromatic rings. The predicted molar refractivity (Wildman–Crippen MR) is 379 cm³/mol. The van der Waals surface area contributed by atoms with Gasteiger partial charge in [0.05, 0.1) is 0 Å². The molecule has 4 heteroatoms. The van der Waals surface area contributed by atoms with Crippen LogP contribution in [0.5, 0.6) is 0 Å². The summed E-state index contributed by atoms with van der Waals surface area (Å²) in [5, 5.41) is 21.4. The van der Waals surface area contributed by atoms with Gasteiger partial charge in [-0.2, -0.15) is 0 Å². The first-order valence-electron chi connectivity index (χ1n) is 29.8. The van der Waals surface area contributed by atoms with E-state index >= 15 is 0 Å². The number of para-hydroxylation sites is 1. The zero-order valence-electron chi connectivity index (χ0n) is 48.8. The summed E-state index contributed by atoms with van der Waals surface area (Å²) in [4.78, 5) is 0. The Kier molecular flexibility index (Phi) is 18.5. The lowest BCUT2D eigenvalue weighted by Gasteiger charge is -2.11. The predicted octanol–water partition coefficient (Wildman–Crippen LogP) is 23.8. The van der Waals surface area contributed by atoms with Crippen molar-refractivity contribution in [2.45, 2.75) is 0 Å². The van der Waals surface area contributed by atoms with Crippen molar-refractivity contribution < 1.29 is 0 Å². The van der Waals surface area contributed by atoms with Gasteiger partial charge in [0.2, 0.25) is 0 Å². The monoisotopic (exact) mass is 1130 g/mol. The van der Waals surface area contributed by atoms with Gasteiger partial charge in [-0.15, -0.1) is 0 Å². The molecule has 88 heavy (non-hydrogen) atoms. The minimum Gasteiger partial charge on any atom is -0.356 e. The second kappa shape index (κ2) is 28.7. The van der Waals surface area contributed by atoms with Gasteiger partial charge < -0.3 is 21.3 Å². The van der Waals surface area contributed by atoms with Gasteiger partial charge in [0.1, 0.15) is 0 Å². The molecule has 0 fully saturated rings. The summed E-state index contributed by atoms with van der Waals surface area (Å²) in [5.41, 5.74) is 18.8. The lowest BCUT2D eigenvalue weighted by Crippen LogP contribution is -1.91. The van der Waals surface area contributed by atoms with E-state index in [-0.39, 0.29) is 0 Å². The molecule has 0 heterocycles. The summed E-state index contributed by atoms with van der Waals surface area (Å²) >= 11 is 0. The highest BCUT2D eigenvalue weighted by atomic mass is 14.9. The number of hydrogen-bond donors (Lipinski definition) is 4. The molecule has 4 N–H and O–H groups in total. The average molecular weight is 1130 g/mol. The first-order chi connectivity index (χ1) is 43.6. The third-order valence-electron chi connectivity index (χ3n) is 15.2. The van der Waals surface area contributed by atoms with Gasteiger partial charge in [-0.25, -0.2) is 0 Å². The second-order valence-corrected chi connectivity index (χ2v) is 21.3. The third-order valence-corrected chi connectivity index (χ3v) is 15.2. The molecule has 0 saturated carbocycles. The molecule has 4 nitrogen and oxygen atoms in total. The molecule has 0 aliphatic carbocycles. The average Bonchev–Trinajstić information content (AvgIpc) is 3.80. The van der Waals surface area contributed by atoms with Crippen molar-refractivity contribution in [3.05, 3.63) is 376 Å². The van der Waals surface area contributed by atoms with Crippen LogP contribution in [0.2, 0.25) is 0 Å². The highest BCUT2D eigenvalue weighted by molar-refractivity contribution is 5.97. The van der Waals surface area contributed by atoms with Crippen LogP contribution in [-0.2, 0) is 0 Å². The fraction of sp³-hybridized carbons (Fsp3) is 0.